The topological polar surface area (TPSA) is 78.8 Å². The first kappa shape index (κ1) is 20.9. The maximum Gasteiger partial charge on any atom is 0.354 e. The highest BCUT2D eigenvalue weighted by atomic mass is 16.5. The van der Waals surface area contributed by atoms with Gasteiger partial charge in [-0.05, 0) is 68.3 Å². The van der Waals surface area contributed by atoms with Crippen LogP contribution in [-0.4, -0.2) is 42.4 Å². The molecule has 1 fully saturated rings. The van der Waals surface area contributed by atoms with E-state index in [9.17, 15) is 9.59 Å². The van der Waals surface area contributed by atoms with Crippen molar-refractivity contribution in [1.29, 1.82) is 0 Å². The van der Waals surface area contributed by atoms with Crippen LogP contribution in [0.25, 0.3) is 10.9 Å². The maximum absolute atomic E-state index is 12.6. The van der Waals surface area contributed by atoms with Gasteiger partial charge < -0.3 is 24.1 Å². The van der Waals surface area contributed by atoms with Crippen LogP contribution < -0.4 is 10.1 Å². The van der Waals surface area contributed by atoms with Crippen LogP contribution in [-0.2, 0) is 16.5 Å². The summed E-state index contributed by atoms with van der Waals surface area (Å²) in [6.07, 6.45) is 2.25. The van der Waals surface area contributed by atoms with Gasteiger partial charge in [-0.2, -0.15) is 0 Å². The van der Waals surface area contributed by atoms with E-state index in [2.05, 4.69) is 5.32 Å². The van der Waals surface area contributed by atoms with Crippen molar-refractivity contribution in [2.45, 2.75) is 25.9 Å². The molecule has 3 aromatic rings. The highest BCUT2D eigenvalue weighted by Gasteiger charge is 2.17. The zero-order valence-corrected chi connectivity index (χ0v) is 17.7. The Morgan fingerprint density at radius 1 is 1.16 bits per heavy atom. The van der Waals surface area contributed by atoms with E-state index in [0.717, 1.165) is 30.4 Å². The number of carbonyl (C=O) groups excluding carboxylic acids is 2. The molecule has 4 rings (SSSR count). The van der Waals surface area contributed by atoms with E-state index in [1.54, 1.807) is 41.8 Å². The van der Waals surface area contributed by atoms with Gasteiger partial charge in [0, 0.05) is 35.8 Å². The number of amides is 1. The van der Waals surface area contributed by atoms with Crippen molar-refractivity contribution in [3.05, 3.63) is 59.8 Å². The third-order valence-electron chi connectivity index (χ3n) is 5.36. The lowest BCUT2D eigenvalue weighted by molar-refractivity contribution is 0.0515. The molecule has 162 valence electrons. The molecule has 1 amide bonds. The fourth-order valence-electron chi connectivity index (χ4n) is 3.70. The van der Waals surface area contributed by atoms with Gasteiger partial charge in [0.1, 0.15) is 18.1 Å². The SMILES string of the molecule is CCOC(=O)c1cc2cc(NC(=O)c3ccc(OC[C@@H]4CCCO4)cc3)ccc2n1C. The van der Waals surface area contributed by atoms with E-state index in [0.29, 0.717) is 35.9 Å². The first-order chi connectivity index (χ1) is 15.0. The van der Waals surface area contributed by atoms with E-state index in [4.69, 9.17) is 14.2 Å². The molecule has 7 nitrogen and oxygen atoms in total. The van der Waals surface area contributed by atoms with Crippen molar-refractivity contribution in [1.82, 2.24) is 4.57 Å². The van der Waals surface area contributed by atoms with Crippen LogP contribution in [0, 0.1) is 0 Å². The summed E-state index contributed by atoms with van der Waals surface area (Å²) in [7, 11) is 1.81. The van der Waals surface area contributed by atoms with Crippen LogP contribution in [0.4, 0.5) is 5.69 Å². The third-order valence-corrected chi connectivity index (χ3v) is 5.36. The number of nitrogens with zero attached hydrogens (tertiary/aromatic N) is 1. The lowest BCUT2D eigenvalue weighted by Crippen LogP contribution is -2.16. The van der Waals surface area contributed by atoms with Gasteiger partial charge in [0.05, 0.1) is 12.7 Å². The first-order valence-electron chi connectivity index (χ1n) is 10.5. The number of aryl methyl sites for hydroxylation is 1. The smallest absolute Gasteiger partial charge is 0.354 e. The predicted molar refractivity (Wildman–Crippen MR) is 118 cm³/mol. The number of carbonyl (C=O) groups is 2. The van der Waals surface area contributed by atoms with Crippen LogP contribution in [0.1, 0.15) is 40.6 Å². The second-order valence-corrected chi connectivity index (χ2v) is 7.51. The minimum absolute atomic E-state index is 0.153. The number of anilines is 1. The molecule has 7 heteroatoms. The normalized spacial score (nSPS) is 15.7. The minimum atomic E-state index is -0.367. The summed E-state index contributed by atoms with van der Waals surface area (Å²) in [5.74, 6) is 0.129. The zero-order valence-electron chi connectivity index (χ0n) is 17.7. The fraction of sp³-hybridized carbons (Fsp3) is 0.333. The van der Waals surface area contributed by atoms with Crippen molar-refractivity contribution in [3.63, 3.8) is 0 Å². The van der Waals surface area contributed by atoms with Crippen LogP contribution in [0.5, 0.6) is 5.75 Å². The Labute approximate surface area is 180 Å². The van der Waals surface area contributed by atoms with E-state index in [1.165, 1.54) is 0 Å². The Bertz CT molecular complexity index is 1080. The Hall–Kier alpha value is -3.32. The summed E-state index contributed by atoms with van der Waals surface area (Å²) in [4.78, 5) is 24.7. The molecule has 2 heterocycles. The Morgan fingerprint density at radius 2 is 1.97 bits per heavy atom. The lowest BCUT2D eigenvalue weighted by Gasteiger charge is -2.12. The molecule has 2 aromatic carbocycles. The number of ether oxygens (including phenoxy) is 3. The molecule has 1 saturated heterocycles. The van der Waals surface area contributed by atoms with Crippen LogP contribution in [0.3, 0.4) is 0 Å². The second-order valence-electron chi connectivity index (χ2n) is 7.51. The molecule has 0 saturated carbocycles. The summed E-state index contributed by atoms with van der Waals surface area (Å²) >= 11 is 0. The van der Waals surface area contributed by atoms with E-state index in [-0.39, 0.29) is 18.0 Å². The van der Waals surface area contributed by atoms with E-state index >= 15 is 0 Å². The second kappa shape index (κ2) is 9.22. The lowest BCUT2D eigenvalue weighted by atomic mass is 10.2. The molecule has 0 aliphatic carbocycles. The number of fused-ring (bicyclic) bond motifs is 1. The molecule has 0 spiro atoms. The van der Waals surface area contributed by atoms with Crippen LogP contribution in [0.15, 0.2) is 48.5 Å². The number of hydrogen-bond donors (Lipinski definition) is 1. The maximum atomic E-state index is 12.6. The minimum Gasteiger partial charge on any atom is -0.491 e. The van der Waals surface area contributed by atoms with Gasteiger partial charge in [-0.1, -0.05) is 0 Å². The number of esters is 1. The molecule has 1 aliphatic rings. The number of hydrogen-bond acceptors (Lipinski definition) is 5. The van der Waals surface area contributed by atoms with Crippen LogP contribution >= 0.6 is 0 Å². The Kier molecular flexibility index (Phi) is 6.23. The number of rotatable bonds is 7. The quantitative estimate of drug-likeness (QED) is 0.579. The molecule has 0 bridgehead atoms. The number of benzene rings is 2. The van der Waals surface area contributed by atoms with Crippen molar-refractivity contribution >= 4 is 28.5 Å². The summed E-state index contributed by atoms with van der Waals surface area (Å²) < 4.78 is 18.2. The van der Waals surface area contributed by atoms with Crippen molar-refractivity contribution < 1.29 is 23.8 Å². The molecule has 0 unspecified atom stereocenters. The average molecular weight is 422 g/mol. The summed E-state index contributed by atoms with van der Waals surface area (Å²) in [5.41, 5.74) is 2.54. The largest absolute Gasteiger partial charge is 0.491 e. The van der Waals surface area contributed by atoms with Crippen molar-refractivity contribution in [2.75, 3.05) is 25.1 Å². The molecular weight excluding hydrogens is 396 g/mol. The summed E-state index contributed by atoms with van der Waals surface area (Å²) in [6, 6.07) is 14.3. The fourth-order valence-corrected chi connectivity index (χ4v) is 3.70. The van der Waals surface area contributed by atoms with Crippen molar-refractivity contribution in [3.8, 4) is 5.75 Å². The number of aromatic nitrogens is 1. The molecule has 0 radical (unpaired) electrons. The monoisotopic (exact) mass is 422 g/mol. The van der Waals surface area contributed by atoms with Gasteiger partial charge in [-0.15, -0.1) is 0 Å². The van der Waals surface area contributed by atoms with Gasteiger partial charge in [-0.25, -0.2) is 4.79 Å². The molecule has 1 atom stereocenters. The number of nitrogens with one attached hydrogen (secondary N) is 1. The van der Waals surface area contributed by atoms with Crippen molar-refractivity contribution in [2.24, 2.45) is 7.05 Å². The average Bonchev–Trinajstić information content (AvgIpc) is 3.41. The highest BCUT2D eigenvalue weighted by molar-refractivity contribution is 6.05. The predicted octanol–water partition coefficient (Wildman–Crippen LogP) is 4.17. The molecule has 1 aromatic heterocycles. The zero-order chi connectivity index (χ0) is 21.8. The van der Waals surface area contributed by atoms with Gasteiger partial charge in [0.2, 0.25) is 0 Å². The Balaban J connectivity index is 1.42. The van der Waals surface area contributed by atoms with E-state index < -0.39 is 0 Å². The van der Waals surface area contributed by atoms with Gasteiger partial charge in [0.15, 0.2) is 0 Å². The summed E-state index contributed by atoms with van der Waals surface area (Å²) in [5, 5.41) is 3.75. The molecule has 1 N–H and O–H groups in total. The first-order valence-corrected chi connectivity index (χ1v) is 10.5. The molecular formula is C24H26N2O5. The van der Waals surface area contributed by atoms with E-state index in [1.807, 2.05) is 25.2 Å². The van der Waals surface area contributed by atoms with Gasteiger partial charge in [-0.3, -0.25) is 4.79 Å². The molecule has 31 heavy (non-hydrogen) atoms. The standard InChI is InChI=1S/C24H26N2O5/c1-3-29-24(28)22-14-17-13-18(8-11-21(17)26(22)2)25-23(27)16-6-9-19(10-7-16)31-15-20-5-4-12-30-20/h6-11,13-14,20H,3-5,12,15H2,1-2H3,(H,25,27)/t20-/m0/s1. The third kappa shape index (κ3) is 4.72. The highest BCUT2D eigenvalue weighted by Crippen LogP contribution is 2.24. The van der Waals surface area contributed by atoms with Gasteiger partial charge in [0.25, 0.3) is 5.91 Å². The van der Waals surface area contributed by atoms with Crippen LogP contribution in [0.2, 0.25) is 0 Å². The Morgan fingerprint density at radius 3 is 2.68 bits per heavy atom. The summed E-state index contributed by atoms with van der Waals surface area (Å²) in [6.45, 7) is 3.42. The van der Waals surface area contributed by atoms with Gasteiger partial charge >= 0.3 is 5.97 Å². The molecule has 1 aliphatic heterocycles.